The summed E-state index contributed by atoms with van der Waals surface area (Å²) in [6, 6.07) is 6.75. The van der Waals surface area contributed by atoms with E-state index in [0.717, 1.165) is 54.3 Å². The first-order chi connectivity index (χ1) is 13.2. The van der Waals surface area contributed by atoms with Crippen LogP contribution in [0.5, 0.6) is 0 Å². The van der Waals surface area contributed by atoms with Crippen molar-refractivity contribution in [3.05, 3.63) is 30.4 Å². The van der Waals surface area contributed by atoms with Crippen molar-refractivity contribution in [1.29, 1.82) is 5.26 Å². The molecular formula is C20H24N6O. The summed E-state index contributed by atoms with van der Waals surface area (Å²) in [6.45, 7) is 2.51. The Labute approximate surface area is 158 Å². The van der Waals surface area contributed by atoms with Gasteiger partial charge in [0.2, 0.25) is 0 Å². The van der Waals surface area contributed by atoms with E-state index in [1.54, 1.807) is 19.3 Å². The van der Waals surface area contributed by atoms with E-state index in [1.165, 1.54) is 0 Å². The molecule has 1 aliphatic rings. The number of nitriles is 1. The lowest BCUT2D eigenvalue weighted by Gasteiger charge is -2.31. The molecule has 0 radical (unpaired) electrons. The molecule has 1 atom stereocenters. The molecule has 0 amide bonds. The van der Waals surface area contributed by atoms with Gasteiger partial charge in [0, 0.05) is 31.2 Å². The van der Waals surface area contributed by atoms with Crippen molar-refractivity contribution in [3.63, 3.8) is 0 Å². The quantitative estimate of drug-likeness (QED) is 0.675. The van der Waals surface area contributed by atoms with Crippen LogP contribution in [-0.4, -0.2) is 37.2 Å². The number of fused-ring (bicyclic) bond motifs is 3. The van der Waals surface area contributed by atoms with Crippen molar-refractivity contribution in [1.82, 2.24) is 24.8 Å². The number of pyridine rings is 2. The first-order valence-corrected chi connectivity index (χ1v) is 9.59. The number of imidazole rings is 1. The fraction of sp³-hybridized carbons (Fsp3) is 0.500. The molecule has 2 N–H and O–H groups in total. The lowest BCUT2D eigenvalue weighted by Crippen LogP contribution is -2.34. The van der Waals surface area contributed by atoms with Crippen LogP contribution in [0, 0.1) is 11.3 Å². The van der Waals surface area contributed by atoms with Gasteiger partial charge in [-0.1, -0.05) is 0 Å². The molecule has 140 valence electrons. The van der Waals surface area contributed by atoms with Gasteiger partial charge in [0.1, 0.15) is 23.0 Å². The number of nitrogens with zero attached hydrogens (tertiary/aromatic N) is 5. The molecular weight excluding hydrogens is 340 g/mol. The summed E-state index contributed by atoms with van der Waals surface area (Å²) in [4.78, 5) is 13.7. The largest absolute Gasteiger partial charge is 0.385 e. The highest BCUT2D eigenvalue weighted by Crippen LogP contribution is 2.36. The van der Waals surface area contributed by atoms with Crippen molar-refractivity contribution in [2.24, 2.45) is 0 Å². The molecule has 1 saturated carbocycles. The number of rotatable bonds is 5. The normalized spacial score (nSPS) is 21.4. The standard InChI is InChI=1S/C20H24N6O/c1-13(27)20-25-17-12-24-16-4-2-10-23-18(16)19(17)26(20)15-7-5-14(6-8-15)22-11-3-9-21/h2,4,10,12-15,22,27H,3,5-8,11H2,1H3/t13-,14?,15?/m1/s1. The minimum atomic E-state index is -0.650. The van der Waals surface area contributed by atoms with Gasteiger partial charge in [0.15, 0.2) is 0 Å². The molecule has 3 aromatic rings. The average molecular weight is 364 g/mol. The monoisotopic (exact) mass is 364 g/mol. The number of aromatic nitrogens is 4. The summed E-state index contributed by atoms with van der Waals surface area (Å²) < 4.78 is 2.20. The molecule has 0 aliphatic heterocycles. The summed E-state index contributed by atoms with van der Waals surface area (Å²) in [5.74, 6) is 0.686. The molecule has 3 heterocycles. The van der Waals surface area contributed by atoms with E-state index in [1.807, 2.05) is 12.1 Å². The summed E-state index contributed by atoms with van der Waals surface area (Å²) >= 11 is 0. The van der Waals surface area contributed by atoms with Crippen LogP contribution in [0.4, 0.5) is 0 Å². The predicted octanol–water partition coefficient (Wildman–Crippen LogP) is 3.02. The number of aliphatic hydroxyl groups excluding tert-OH is 1. The lowest BCUT2D eigenvalue weighted by molar-refractivity contribution is 0.176. The van der Waals surface area contributed by atoms with E-state index in [2.05, 4.69) is 30.9 Å². The average Bonchev–Trinajstić information content (AvgIpc) is 3.09. The van der Waals surface area contributed by atoms with Gasteiger partial charge in [-0.2, -0.15) is 5.26 Å². The van der Waals surface area contributed by atoms with Crippen molar-refractivity contribution in [3.8, 4) is 6.07 Å². The Balaban J connectivity index is 1.69. The van der Waals surface area contributed by atoms with E-state index in [0.29, 0.717) is 18.3 Å². The van der Waals surface area contributed by atoms with Crippen molar-refractivity contribution in [2.75, 3.05) is 6.54 Å². The van der Waals surface area contributed by atoms with Gasteiger partial charge in [-0.15, -0.1) is 0 Å². The highest BCUT2D eigenvalue weighted by molar-refractivity contribution is 5.99. The van der Waals surface area contributed by atoms with Gasteiger partial charge < -0.3 is 15.0 Å². The zero-order chi connectivity index (χ0) is 18.8. The lowest BCUT2D eigenvalue weighted by atomic mass is 9.90. The Morgan fingerprint density at radius 2 is 2.11 bits per heavy atom. The SMILES string of the molecule is C[C@@H](O)c1nc2cnc3cccnc3c2n1C1CCC(NCCC#N)CC1. The predicted molar refractivity (Wildman–Crippen MR) is 103 cm³/mol. The zero-order valence-corrected chi connectivity index (χ0v) is 15.5. The fourth-order valence-corrected chi connectivity index (χ4v) is 4.14. The molecule has 1 aliphatic carbocycles. The maximum Gasteiger partial charge on any atom is 0.138 e. The number of nitrogens with one attached hydrogen (secondary N) is 1. The summed E-state index contributed by atoms with van der Waals surface area (Å²) in [7, 11) is 0. The molecule has 0 aromatic carbocycles. The van der Waals surface area contributed by atoms with Crippen LogP contribution in [0.1, 0.15) is 57.0 Å². The fourth-order valence-electron chi connectivity index (χ4n) is 4.14. The van der Waals surface area contributed by atoms with Crippen molar-refractivity contribution in [2.45, 2.75) is 57.2 Å². The van der Waals surface area contributed by atoms with Crippen LogP contribution < -0.4 is 5.32 Å². The number of aliphatic hydroxyl groups is 1. The molecule has 0 saturated heterocycles. The third-order valence-corrected chi connectivity index (χ3v) is 5.41. The maximum atomic E-state index is 10.3. The second kappa shape index (κ2) is 7.59. The minimum Gasteiger partial charge on any atom is -0.385 e. The van der Waals surface area contributed by atoms with Gasteiger partial charge in [0.05, 0.1) is 23.3 Å². The van der Waals surface area contributed by atoms with Gasteiger partial charge >= 0.3 is 0 Å². The highest BCUT2D eigenvalue weighted by Gasteiger charge is 2.28. The van der Waals surface area contributed by atoms with Gasteiger partial charge in [0.25, 0.3) is 0 Å². The van der Waals surface area contributed by atoms with Crippen molar-refractivity contribution >= 4 is 22.1 Å². The Morgan fingerprint density at radius 1 is 1.30 bits per heavy atom. The maximum absolute atomic E-state index is 10.3. The molecule has 7 heteroatoms. The molecule has 7 nitrogen and oxygen atoms in total. The smallest absolute Gasteiger partial charge is 0.138 e. The van der Waals surface area contributed by atoms with Crippen LogP contribution in [-0.2, 0) is 0 Å². The molecule has 0 spiro atoms. The first kappa shape index (κ1) is 17.8. The molecule has 4 rings (SSSR count). The summed E-state index contributed by atoms with van der Waals surface area (Å²) in [6.07, 6.45) is 7.55. The Bertz CT molecular complexity index is 981. The summed E-state index contributed by atoms with van der Waals surface area (Å²) in [5.41, 5.74) is 3.43. The Hall–Kier alpha value is -2.56. The number of hydrogen-bond acceptors (Lipinski definition) is 6. The highest BCUT2D eigenvalue weighted by atomic mass is 16.3. The van der Waals surface area contributed by atoms with Crippen molar-refractivity contribution < 1.29 is 5.11 Å². The van der Waals surface area contributed by atoms with Gasteiger partial charge in [-0.25, -0.2) is 4.98 Å². The number of hydrogen-bond donors (Lipinski definition) is 2. The van der Waals surface area contributed by atoms with Crippen LogP contribution in [0.25, 0.3) is 22.1 Å². The van der Waals surface area contributed by atoms with E-state index in [-0.39, 0.29) is 6.04 Å². The third-order valence-electron chi connectivity index (χ3n) is 5.41. The second-order valence-electron chi connectivity index (χ2n) is 7.25. The van der Waals surface area contributed by atoms with Crippen LogP contribution in [0.2, 0.25) is 0 Å². The minimum absolute atomic E-state index is 0.279. The molecule has 0 bridgehead atoms. The van der Waals surface area contributed by atoms with E-state index >= 15 is 0 Å². The summed E-state index contributed by atoms with van der Waals surface area (Å²) in [5, 5.41) is 22.5. The van der Waals surface area contributed by atoms with Gasteiger partial charge in [-0.3, -0.25) is 9.97 Å². The Kier molecular flexibility index (Phi) is 5.01. The van der Waals surface area contributed by atoms with Crippen LogP contribution >= 0.6 is 0 Å². The molecule has 27 heavy (non-hydrogen) atoms. The zero-order valence-electron chi connectivity index (χ0n) is 15.5. The van der Waals surface area contributed by atoms with Crippen LogP contribution in [0.3, 0.4) is 0 Å². The topological polar surface area (TPSA) is 99.7 Å². The molecule has 3 aromatic heterocycles. The van der Waals surface area contributed by atoms with Crippen LogP contribution in [0.15, 0.2) is 24.5 Å². The Morgan fingerprint density at radius 3 is 2.85 bits per heavy atom. The van der Waals surface area contributed by atoms with Gasteiger partial charge in [-0.05, 0) is 44.7 Å². The third kappa shape index (κ3) is 3.38. The second-order valence-corrected chi connectivity index (χ2v) is 7.25. The van der Waals surface area contributed by atoms with E-state index < -0.39 is 6.10 Å². The van der Waals surface area contributed by atoms with E-state index in [4.69, 9.17) is 5.26 Å². The first-order valence-electron chi connectivity index (χ1n) is 9.59. The molecule has 1 fully saturated rings. The van der Waals surface area contributed by atoms with E-state index in [9.17, 15) is 5.11 Å². The molecule has 0 unspecified atom stereocenters.